The number of allylic oxidation sites excluding steroid dienone is 5. The molecule has 0 radical (unpaired) electrons. The van der Waals surface area contributed by atoms with Crippen molar-refractivity contribution in [3.05, 3.63) is 72.0 Å². The summed E-state index contributed by atoms with van der Waals surface area (Å²) in [5.74, 6) is 0.440. The van der Waals surface area contributed by atoms with Crippen LogP contribution in [0.25, 0.3) is 0 Å². The van der Waals surface area contributed by atoms with Crippen LogP contribution in [0.3, 0.4) is 0 Å². The summed E-state index contributed by atoms with van der Waals surface area (Å²) in [6.07, 6.45) is 6.00. The van der Waals surface area contributed by atoms with Gasteiger partial charge in [-0.1, -0.05) is 62.9 Å². The predicted octanol–water partition coefficient (Wildman–Crippen LogP) is 5.13. The number of halogens is 1. The van der Waals surface area contributed by atoms with E-state index in [9.17, 15) is 4.39 Å². The number of hydrogen-bond donors (Lipinski definition) is 0. The van der Waals surface area contributed by atoms with E-state index in [0.29, 0.717) is 12.5 Å². The maximum Gasteiger partial charge on any atom is 0.107 e. The van der Waals surface area contributed by atoms with E-state index in [1.807, 2.05) is 31.2 Å². The summed E-state index contributed by atoms with van der Waals surface area (Å²) >= 11 is 0. The molecule has 1 aromatic carbocycles. The van der Waals surface area contributed by atoms with Crippen molar-refractivity contribution in [3.8, 4) is 0 Å². The summed E-state index contributed by atoms with van der Waals surface area (Å²) in [4.78, 5) is 2.06. The zero-order valence-electron chi connectivity index (χ0n) is 13.3. The van der Waals surface area contributed by atoms with Crippen molar-refractivity contribution in [1.29, 1.82) is 0 Å². The van der Waals surface area contributed by atoms with E-state index >= 15 is 0 Å². The van der Waals surface area contributed by atoms with Crippen LogP contribution in [0, 0.1) is 5.92 Å². The Kier molecular flexibility index (Phi) is 7.52. The topological polar surface area (TPSA) is 3.24 Å². The van der Waals surface area contributed by atoms with Crippen molar-refractivity contribution >= 4 is 0 Å². The van der Waals surface area contributed by atoms with Gasteiger partial charge in [-0.2, -0.15) is 0 Å². The highest BCUT2D eigenvalue weighted by atomic mass is 19.1. The highest BCUT2D eigenvalue weighted by Gasteiger charge is 2.06. The van der Waals surface area contributed by atoms with Crippen molar-refractivity contribution in [2.24, 2.45) is 5.92 Å². The largest absolute Gasteiger partial charge is 0.368 e. The van der Waals surface area contributed by atoms with Gasteiger partial charge in [0, 0.05) is 18.8 Å². The summed E-state index contributed by atoms with van der Waals surface area (Å²) in [6.45, 7) is 10.9. The molecule has 0 aromatic heterocycles. The molecule has 0 heterocycles. The van der Waals surface area contributed by atoms with Gasteiger partial charge in [0.05, 0.1) is 0 Å². The molecule has 2 heteroatoms. The molecule has 1 rings (SSSR count). The summed E-state index contributed by atoms with van der Waals surface area (Å²) in [7, 11) is 0. The maximum atomic E-state index is 12.8. The molecular weight excluding hydrogens is 261 g/mol. The lowest BCUT2D eigenvalue weighted by Crippen LogP contribution is -2.23. The fourth-order valence-corrected chi connectivity index (χ4v) is 2.10. The molecule has 0 atom stereocenters. The van der Waals surface area contributed by atoms with Crippen molar-refractivity contribution < 1.29 is 4.39 Å². The number of alkyl halides is 1. The Bertz CT molecular complexity index is 486. The molecule has 1 aromatic rings. The van der Waals surface area contributed by atoms with Gasteiger partial charge >= 0.3 is 0 Å². The van der Waals surface area contributed by atoms with Crippen LogP contribution < -0.4 is 0 Å². The van der Waals surface area contributed by atoms with Crippen molar-refractivity contribution in [2.75, 3.05) is 13.2 Å². The number of nitrogens with zero attached hydrogens (tertiary/aromatic N) is 1. The summed E-state index contributed by atoms with van der Waals surface area (Å²) in [5.41, 5.74) is 3.45. The van der Waals surface area contributed by atoms with Gasteiger partial charge in [-0.3, -0.25) is 0 Å². The lowest BCUT2D eigenvalue weighted by atomic mass is 10.0. The molecule has 0 aliphatic carbocycles. The van der Waals surface area contributed by atoms with Crippen LogP contribution in [0.5, 0.6) is 0 Å². The first-order valence-electron chi connectivity index (χ1n) is 7.44. The Morgan fingerprint density at radius 2 is 1.90 bits per heavy atom. The second-order valence-corrected chi connectivity index (χ2v) is 5.43. The van der Waals surface area contributed by atoms with E-state index in [4.69, 9.17) is 0 Å². The number of rotatable bonds is 8. The minimum atomic E-state index is -0.347. The first kappa shape index (κ1) is 17.2. The van der Waals surface area contributed by atoms with Crippen LogP contribution in [0.2, 0.25) is 0 Å². The van der Waals surface area contributed by atoms with Crippen LogP contribution in [-0.4, -0.2) is 18.1 Å². The Hall–Kier alpha value is -1.83. The molecule has 0 unspecified atom stereocenters. The maximum absolute atomic E-state index is 12.8. The van der Waals surface area contributed by atoms with Crippen LogP contribution in [0.4, 0.5) is 4.39 Å². The summed E-state index contributed by atoms with van der Waals surface area (Å²) < 4.78 is 12.8. The predicted molar refractivity (Wildman–Crippen MR) is 89.7 cm³/mol. The molecular formula is C19H26FN. The molecule has 0 saturated heterocycles. The number of benzene rings is 1. The lowest BCUT2D eigenvalue weighted by Gasteiger charge is -2.24. The van der Waals surface area contributed by atoms with Gasteiger partial charge in [-0.15, -0.1) is 0 Å². The summed E-state index contributed by atoms with van der Waals surface area (Å²) in [6, 6.07) is 10.1. The van der Waals surface area contributed by atoms with E-state index in [-0.39, 0.29) is 6.67 Å². The highest BCUT2D eigenvalue weighted by molar-refractivity contribution is 5.26. The Labute approximate surface area is 128 Å². The van der Waals surface area contributed by atoms with E-state index in [1.165, 1.54) is 11.1 Å². The van der Waals surface area contributed by atoms with Crippen LogP contribution >= 0.6 is 0 Å². The molecule has 0 amide bonds. The average Bonchev–Trinajstić information content (AvgIpc) is 2.48. The van der Waals surface area contributed by atoms with Gasteiger partial charge in [0.15, 0.2) is 0 Å². The molecule has 0 N–H and O–H groups in total. The van der Waals surface area contributed by atoms with Crippen molar-refractivity contribution in [2.45, 2.75) is 27.3 Å². The third-order valence-electron chi connectivity index (χ3n) is 3.49. The van der Waals surface area contributed by atoms with Gasteiger partial charge < -0.3 is 4.90 Å². The molecule has 114 valence electrons. The Balaban J connectivity index is 2.86. The fraction of sp³-hybridized carbons (Fsp3) is 0.368. The molecule has 0 spiro atoms. The highest BCUT2D eigenvalue weighted by Crippen LogP contribution is 2.14. The first-order valence-corrected chi connectivity index (χ1v) is 7.44. The van der Waals surface area contributed by atoms with Gasteiger partial charge in [-0.05, 0) is 30.1 Å². The third kappa shape index (κ3) is 5.99. The monoisotopic (exact) mass is 287 g/mol. The van der Waals surface area contributed by atoms with E-state index in [1.54, 1.807) is 0 Å². The zero-order chi connectivity index (χ0) is 15.7. The van der Waals surface area contributed by atoms with Crippen LogP contribution in [0.1, 0.15) is 26.3 Å². The zero-order valence-corrected chi connectivity index (χ0v) is 13.3. The molecule has 0 fully saturated rings. The quantitative estimate of drug-likeness (QED) is 0.599. The van der Waals surface area contributed by atoms with Crippen LogP contribution in [0.15, 0.2) is 66.4 Å². The molecule has 0 aliphatic rings. The Morgan fingerprint density at radius 1 is 1.24 bits per heavy atom. The Morgan fingerprint density at radius 3 is 2.43 bits per heavy atom. The van der Waals surface area contributed by atoms with Gasteiger partial charge in [-0.25, -0.2) is 4.39 Å². The first-order chi connectivity index (χ1) is 10.1. The molecule has 1 nitrogen and oxygen atoms in total. The molecule has 0 saturated carbocycles. The second kappa shape index (κ2) is 9.17. The van der Waals surface area contributed by atoms with E-state index in [2.05, 4.69) is 49.6 Å². The summed E-state index contributed by atoms with van der Waals surface area (Å²) in [5, 5.41) is 0. The standard InChI is InChI=1S/C19H26FN/c1-5-19(16(2)3)12-11-17(4)21(14-13-20)15-18-9-7-6-8-10-18/h5-12,16H,1,13-15H2,2-4H3/b17-11+,19-12+. The number of hydrogen-bond acceptors (Lipinski definition) is 1. The minimum absolute atomic E-state index is 0.347. The molecule has 0 aliphatic heterocycles. The van der Waals surface area contributed by atoms with E-state index in [0.717, 1.165) is 12.2 Å². The SMILES string of the molecule is C=C/C(=C\C=C(/C)N(CCF)Cc1ccccc1)C(C)C. The van der Waals surface area contributed by atoms with Gasteiger partial charge in [0.1, 0.15) is 6.67 Å². The fourth-order valence-electron chi connectivity index (χ4n) is 2.10. The lowest BCUT2D eigenvalue weighted by molar-refractivity contribution is 0.297. The smallest absolute Gasteiger partial charge is 0.107 e. The average molecular weight is 287 g/mol. The van der Waals surface area contributed by atoms with E-state index < -0.39 is 0 Å². The molecule has 21 heavy (non-hydrogen) atoms. The van der Waals surface area contributed by atoms with Gasteiger partial charge in [0.25, 0.3) is 0 Å². The minimum Gasteiger partial charge on any atom is -0.368 e. The van der Waals surface area contributed by atoms with Gasteiger partial charge in [0.2, 0.25) is 0 Å². The van der Waals surface area contributed by atoms with Crippen LogP contribution in [-0.2, 0) is 6.54 Å². The molecule has 0 bridgehead atoms. The van der Waals surface area contributed by atoms with Crippen molar-refractivity contribution in [3.63, 3.8) is 0 Å². The normalized spacial score (nSPS) is 12.6. The second-order valence-electron chi connectivity index (χ2n) is 5.43. The van der Waals surface area contributed by atoms with Crippen molar-refractivity contribution in [1.82, 2.24) is 4.90 Å². The third-order valence-corrected chi connectivity index (χ3v) is 3.49.